The number of hydrogen-bond acceptors (Lipinski definition) is 1. The number of carbonyl (C=O) groups is 1. The molecule has 0 saturated heterocycles. The van der Waals surface area contributed by atoms with Crippen LogP contribution in [0.1, 0.15) is 43.2 Å². The second-order valence-electron chi connectivity index (χ2n) is 5.92. The van der Waals surface area contributed by atoms with E-state index in [1.165, 1.54) is 5.56 Å². The molecular weight excluding hydrogens is 244 g/mol. The first-order valence-electron chi connectivity index (χ1n) is 7.36. The lowest BCUT2D eigenvalue weighted by Gasteiger charge is -2.37. The van der Waals surface area contributed by atoms with Crippen molar-refractivity contribution in [1.29, 1.82) is 0 Å². The number of hydrogen-bond donors (Lipinski definition) is 0. The summed E-state index contributed by atoms with van der Waals surface area (Å²) in [6.45, 7) is 2.11. The standard InChI is InChI=1S/C19H20O/c1-19(16-11-6-3-7-12-16)14-8-13-17(18(19)20)15-9-4-2-5-10-15/h2-7,9-12,17H,8,13-14H2,1H3/t17-,19-/m1/s1. The van der Waals surface area contributed by atoms with E-state index in [4.69, 9.17) is 0 Å². The molecular formula is C19H20O. The highest BCUT2D eigenvalue weighted by Crippen LogP contribution is 2.42. The van der Waals surface area contributed by atoms with E-state index in [0.717, 1.165) is 24.8 Å². The van der Waals surface area contributed by atoms with E-state index < -0.39 is 0 Å². The fraction of sp³-hybridized carbons (Fsp3) is 0.316. The van der Waals surface area contributed by atoms with Crippen LogP contribution in [0.2, 0.25) is 0 Å². The minimum absolute atomic E-state index is 0.0511. The molecule has 2 aromatic carbocycles. The van der Waals surface area contributed by atoms with Gasteiger partial charge in [0, 0.05) is 5.92 Å². The largest absolute Gasteiger partial charge is 0.298 e. The maximum absolute atomic E-state index is 13.0. The summed E-state index contributed by atoms with van der Waals surface area (Å²) in [4.78, 5) is 13.0. The minimum Gasteiger partial charge on any atom is -0.298 e. The van der Waals surface area contributed by atoms with E-state index in [1.54, 1.807) is 0 Å². The van der Waals surface area contributed by atoms with Crippen molar-refractivity contribution in [2.24, 2.45) is 0 Å². The maximum Gasteiger partial charge on any atom is 0.150 e. The lowest BCUT2D eigenvalue weighted by atomic mass is 9.64. The molecule has 20 heavy (non-hydrogen) atoms. The van der Waals surface area contributed by atoms with Crippen molar-refractivity contribution in [3.05, 3.63) is 71.8 Å². The second-order valence-corrected chi connectivity index (χ2v) is 5.92. The monoisotopic (exact) mass is 264 g/mol. The Morgan fingerprint density at radius 1 is 0.950 bits per heavy atom. The van der Waals surface area contributed by atoms with Gasteiger partial charge in [-0.2, -0.15) is 0 Å². The molecule has 0 bridgehead atoms. The van der Waals surface area contributed by atoms with Gasteiger partial charge in [-0.15, -0.1) is 0 Å². The Morgan fingerprint density at radius 2 is 1.55 bits per heavy atom. The minimum atomic E-state index is -0.333. The third kappa shape index (κ3) is 2.18. The molecule has 0 aromatic heterocycles. The van der Waals surface area contributed by atoms with Crippen LogP contribution in [-0.4, -0.2) is 5.78 Å². The number of benzene rings is 2. The van der Waals surface area contributed by atoms with Gasteiger partial charge in [-0.25, -0.2) is 0 Å². The van der Waals surface area contributed by atoms with E-state index in [1.807, 2.05) is 36.4 Å². The van der Waals surface area contributed by atoms with E-state index in [0.29, 0.717) is 5.78 Å². The van der Waals surface area contributed by atoms with Gasteiger partial charge in [0.25, 0.3) is 0 Å². The van der Waals surface area contributed by atoms with Crippen LogP contribution in [-0.2, 0) is 10.2 Å². The Hall–Kier alpha value is -1.89. The van der Waals surface area contributed by atoms with E-state index >= 15 is 0 Å². The van der Waals surface area contributed by atoms with Crippen molar-refractivity contribution >= 4 is 5.78 Å². The highest BCUT2D eigenvalue weighted by molar-refractivity contribution is 5.95. The fourth-order valence-electron chi connectivity index (χ4n) is 3.39. The Labute approximate surface area is 120 Å². The highest BCUT2D eigenvalue weighted by Gasteiger charge is 2.42. The molecule has 1 saturated carbocycles. The Morgan fingerprint density at radius 3 is 2.20 bits per heavy atom. The van der Waals surface area contributed by atoms with Crippen molar-refractivity contribution in [3.8, 4) is 0 Å². The molecule has 102 valence electrons. The summed E-state index contributed by atoms with van der Waals surface area (Å²) in [6.07, 6.45) is 3.04. The molecule has 0 amide bonds. The molecule has 1 aliphatic carbocycles. The summed E-state index contributed by atoms with van der Waals surface area (Å²) < 4.78 is 0. The number of carbonyl (C=O) groups excluding carboxylic acids is 1. The van der Waals surface area contributed by atoms with E-state index in [9.17, 15) is 4.79 Å². The summed E-state index contributed by atoms with van der Waals surface area (Å²) in [5.74, 6) is 0.427. The molecule has 1 heteroatoms. The summed E-state index contributed by atoms with van der Waals surface area (Å²) in [5.41, 5.74) is 1.99. The maximum atomic E-state index is 13.0. The molecule has 2 aromatic rings. The third-order valence-electron chi connectivity index (χ3n) is 4.64. The second kappa shape index (κ2) is 5.24. The summed E-state index contributed by atoms with van der Waals surface area (Å²) in [5, 5.41) is 0. The Bertz CT molecular complexity index is 588. The molecule has 1 nitrogen and oxygen atoms in total. The first kappa shape index (κ1) is 13.1. The molecule has 0 heterocycles. The van der Waals surface area contributed by atoms with Crippen LogP contribution in [0.4, 0.5) is 0 Å². The predicted molar refractivity (Wildman–Crippen MR) is 81.8 cm³/mol. The highest BCUT2D eigenvalue weighted by atomic mass is 16.1. The lowest BCUT2D eigenvalue weighted by molar-refractivity contribution is -0.127. The van der Waals surface area contributed by atoms with Crippen LogP contribution in [0.3, 0.4) is 0 Å². The smallest absolute Gasteiger partial charge is 0.150 e. The Balaban J connectivity index is 1.97. The van der Waals surface area contributed by atoms with Crippen molar-refractivity contribution in [3.63, 3.8) is 0 Å². The molecule has 1 aliphatic rings. The van der Waals surface area contributed by atoms with Crippen LogP contribution < -0.4 is 0 Å². The number of ketones is 1. The van der Waals surface area contributed by atoms with Gasteiger partial charge in [0.15, 0.2) is 5.78 Å². The zero-order chi connectivity index (χ0) is 14.0. The molecule has 3 rings (SSSR count). The third-order valence-corrected chi connectivity index (χ3v) is 4.64. The zero-order valence-corrected chi connectivity index (χ0v) is 11.9. The van der Waals surface area contributed by atoms with Crippen molar-refractivity contribution in [2.45, 2.75) is 37.5 Å². The molecule has 1 fully saturated rings. The molecule has 0 aliphatic heterocycles. The van der Waals surface area contributed by atoms with Gasteiger partial charge in [0.05, 0.1) is 5.41 Å². The van der Waals surface area contributed by atoms with E-state index in [-0.39, 0.29) is 11.3 Å². The predicted octanol–water partition coefficient (Wildman–Crippen LogP) is 4.48. The van der Waals surface area contributed by atoms with Gasteiger partial charge in [0.2, 0.25) is 0 Å². The number of Topliss-reactive ketones (excluding diaryl/α,β-unsaturated/α-hetero) is 1. The summed E-state index contributed by atoms with van der Waals surface area (Å²) in [7, 11) is 0. The first-order chi connectivity index (χ1) is 9.72. The zero-order valence-electron chi connectivity index (χ0n) is 11.9. The summed E-state index contributed by atoms with van der Waals surface area (Å²) >= 11 is 0. The van der Waals surface area contributed by atoms with Crippen LogP contribution >= 0.6 is 0 Å². The molecule has 0 spiro atoms. The lowest BCUT2D eigenvalue weighted by Crippen LogP contribution is -2.40. The van der Waals surface area contributed by atoms with Gasteiger partial charge < -0.3 is 0 Å². The van der Waals surface area contributed by atoms with Crippen molar-refractivity contribution in [1.82, 2.24) is 0 Å². The first-order valence-corrected chi connectivity index (χ1v) is 7.36. The van der Waals surface area contributed by atoms with Crippen molar-refractivity contribution < 1.29 is 4.79 Å². The van der Waals surface area contributed by atoms with Gasteiger partial charge in [-0.05, 0) is 30.9 Å². The summed E-state index contributed by atoms with van der Waals surface area (Å²) in [6, 6.07) is 20.5. The van der Waals surface area contributed by atoms with Gasteiger partial charge in [0.1, 0.15) is 0 Å². The normalized spacial score (nSPS) is 26.4. The van der Waals surface area contributed by atoms with Gasteiger partial charge in [-0.3, -0.25) is 4.79 Å². The Kier molecular flexibility index (Phi) is 3.43. The van der Waals surface area contributed by atoms with Crippen molar-refractivity contribution in [2.75, 3.05) is 0 Å². The molecule has 0 unspecified atom stereocenters. The van der Waals surface area contributed by atoms with Gasteiger partial charge >= 0.3 is 0 Å². The topological polar surface area (TPSA) is 17.1 Å². The SMILES string of the molecule is C[C@]1(c2ccccc2)CCC[C@H](c2ccccc2)C1=O. The molecule has 2 atom stereocenters. The van der Waals surface area contributed by atoms with Gasteiger partial charge in [-0.1, -0.05) is 67.1 Å². The number of rotatable bonds is 2. The van der Waals surface area contributed by atoms with E-state index in [2.05, 4.69) is 31.2 Å². The average Bonchev–Trinajstić information content (AvgIpc) is 2.52. The van der Waals surface area contributed by atoms with Crippen LogP contribution in [0.15, 0.2) is 60.7 Å². The van der Waals surface area contributed by atoms with Crippen LogP contribution in [0.5, 0.6) is 0 Å². The van der Waals surface area contributed by atoms with Crippen LogP contribution in [0, 0.1) is 0 Å². The fourth-order valence-corrected chi connectivity index (χ4v) is 3.39. The quantitative estimate of drug-likeness (QED) is 0.781. The molecule has 0 N–H and O–H groups in total. The molecule has 0 radical (unpaired) electrons. The van der Waals surface area contributed by atoms with Crippen LogP contribution in [0.25, 0.3) is 0 Å². The average molecular weight is 264 g/mol.